The fraction of sp³-hybridized carbons (Fsp3) is 1.00. The summed E-state index contributed by atoms with van der Waals surface area (Å²) in [5.41, 5.74) is 5.34. The minimum Gasteiger partial charge on any atom is -0.394 e. The lowest BCUT2D eigenvalue weighted by Crippen LogP contribution is -2.03. The maximum absolute atomic E-state index is 8.09. The Labute approximate surface area is 99.8 Å². The number of unbranched alkanes of at least 4 members (excludes halogenated alkanes) is 5. The number of aliphatic hydroxyl groups is 2. The zero-order chi connectivity index (χ0) is 12.5. The molecule has 0 saturated heterocycles. The van der Waals surface area contributed by atoms with Gasteiger partial charge < -0.3 is 20.7 Å². The number of rotatable bonds is 10. The number of hydrogen-bond acceptors (Lipinski definition) is 4. The van der Waals surface area contributed by atoms with Gasteiger partial charge in [-0.3, -0.25) is 0 Å². The zero-order valence-electron chi connectivity index (χ0n) is 10.7. The summed E-state index contributed by atoms with van der Waals surface area (Å²) in [5, 5.41) is 16.2. The fourth-order valence-corrected chi connectivity index (χ4v) is 1.16. The second kappa shape index (κ2) is 20.3. The van der Waals surface area contributed by atoms with Gasteiger partial charge in [0.2, 0.25) is 0 Å². The van der Waals surface area contributed by atoms with Crippen molar-refractivity contribution in [3.05, 3.63) is 0 Å². The van der Waals surface area contributed by atoms with Gasteiger partial charge in [-0.2, -0.15) is 0 Å². The van der Waals surface area contributed by atoms with E-state index in [0.29, 0.717) is 13.2 Å². The second-order valence-electron chi connectivity index (χ2n) is 3.62. The SMILES string of the molecule is CCCCCCCCN.OCCOCCO. The van der Waals surface area contributed by atoms with Gasteiger partial charge >= 0.3 is 0 Å². The van der Waals surface area contributed by atoms with E-state index in [1.807, 2.05) is 0 Å². The van der Waals surface area contributed by atoms with Crippen molar-refractivity contribution in [2.24, 2.45) is 5.73 Å². The quantitative estimate of drug-likeness (QED) is 0.499. The lowest BCUT2D eigenvalue weighted by atomic mass is 10.1. The summed E-state index contributed by atoms with van der Waals surface area (Å²) in [4.78, 5) is 0. The predicted molar refractivity (Wildman–Crippen MR) is 67.4 cm³/mol. The molecule has 0 aromatic heterocycles. The van der Waals surface area contributed by atoms with Crippen molar-refractivity contribution in [3.63, 3.8) is 0 Å². The molecule has 0 saturated carbocycles. The summed E-state index contributed by atoms with van der Waals surface area (Å²) >= 11 is 0. The molecule has 0 amide bonds. The zero-order valence-corrected chi connectivity index (χ0v) is 10.7. The van der Waals surface area contributed by atoms with Crippen molar-refractivity contribution >= 4 is 0 Å². The van der Waals surface area contributed by atoms with Crippen molar-refractivity contribution in [2.45, 2.75) is 45.4 Å². The van der Waals surface area contributed by atoms with Gasteiger partial charge in [0.05, 0.1) is 26.4 Å². The molecule has 0 aromatic rings. The topological polar surface area (TPSA) is 75.7 Å². The molecule has 0 aliphatic heterocycles. The Hall–Kier alpha value is -0.160. The van der Waals surface area contributed by atoms with E-state index in [-0.39, 0.29) is 13.2 Å². The Balaban J connectivity index is 0. The maximum atomic E-state index is 8.09. The molecule has 100 valence electrons. The van der Waals surface area contributed by atoms with Gasteiger partial charge in [-0.15, -0.1) is 0 Å². The molecule has 0 spiro atoms. The van der Waals surface area contributed by atoms with E-state index < -0.39 is 0 Å². The molecule has 0 aromatic carbocycles. The molecule has 0 rings (SSSR count). The van der Waals surface area contributed by atoms with Crippen LogP contribution in [0.3, 0.4) is 0 Å². The minimum atomic E-state index is 0.0278. The molecular formula is C12H29NO3. The van der Waals surface area contributed by atoms with Crippen LogP contribution < -0.4 is 5.73 Å². The Bertz CT molecular complexity index is 92.3. The molecule has 0 atom stereocenters. The second-order valence-corrected chi connectivity index (χ2v) is 3.62. The first kappa shape index (κ1) is 18.2. The molecule has 0 heterocycles. The van der Waals surface area contributed by atoms with E-state index in [1.165, 1.54) is 38.5 Å². The standard InChI is InChI=1S/C8H19N.C4H10O3/c1-2-3-4-5-6-7-8-9;5-1-3-7-4-2-6/h2-9H2,1H3;5-6H,1-4H2. The molecule has 4 nitrogen and oxygen atoms in total. The highest BCUT2D eigenvalue weighted by Crippen LogP contribution is 2.03. The van der Waals surface area contributed by atoms with Crippen molar-refractivity contribution < 1.29 is 14.9 Å². The average molecular weight is 235 g/mol. The average Bonchev–Trinajstić information content (AvgIpc) is 2.31. The van der Waals surface area contributed by atoms with E-state index >= 15 is 0 Å². The lowest BCUT2D eigenvalue weighted by molar-refractivity contribution is 0.0650. The van der Waals surface area contributed by atoms with Crippen LogP contribution in [0.25, 0.3) is 0 Å². The van der Waals surface area contributed by atoms with Crippen LogP contribution in [0.2, 0.25) is 0 Å². The molecule has 4 heteroatoms. The summed E-state index contributed by atoms with van der Waals surface area (Å²) in [7, 11) is 0. The third kappa shape index (κ3) is 23.6. The van der Waals surface area contributed by atoms with Gasteiger partial charge in [0.25, 0.3) is 0 Å². The van der Waals surface area contributed by atoms with Crippen molar-refractivity contribution in [1.29, 1.82) is 0 Å². The van der Waals surface area contributed by atoms with Gasteiger partial charge in [-0.05, 0) is 13.0 Å². The lowest BCUT2D eigenvalue weighted by Gasteiger charge is -1.96. The van der Waals surface area contributed by atoms with E-state index in [9.17, 15) is 0 Å². The highest BCUT2D eigenvalue weighted by molar-refractivity contribution is 4.43. The third-order valence-corrected chi connectivity index (χ3v) is 2.03. The molecule has 0 aliphatic carbocycles. The van der Waals surface area contributed by atoms with Crippen LogP contribution in [0.4, 0.5) is 0 Å². The van der Waals surface area contributed by atoms with Gasteiger partial charge in [0.15, 0.2) is 0 Å². The third-order valence-electron chi connectivity index (χ3n) is 2.03. The van der Waals surface area contributed by atoms with E-state index in [1.54, 1.807) is 0 Å². The molecule has 4 N–H and O–H groups in total. The molecule has 0 unspecified atom stereocenters. The van der Waals surface area contributed by atoms with Crippen LogP contribution in [-0.2, 0) is 4.74 Å². The minimum absolute atomic E-state index is 0.0278. The first-order chi connectivity index (χ1) is 7.83. The van der Waals surface area contributed by atoms with Crippen molar-refractivity contribution in [1.82, 2.24) is 0 Å². The summed E-state index contributed by atoms with van der Waals surface area (Å²) in [6.07, 6.45) is 8.05. The molecule has 0 radical (unpaired) electrons. The van der Waals surface area contributed by atoms with Crippen molar-refractivity contribution in [2.75, 3.05) is 33.0 Å². The van der Waals surface area contributed by atoms with Crippen LogP contribution in [0.5, 0.6) is 0 Å². The van der Waals surface area contributed by atoms with E-state index in [2.05, 4.69) is 11.7 Å². The summed E-state index contributed by atoms with van der Waals surface area (Å²) in [6, 6.07) is 0. The van der Waals surface area contributed by atoms with Crippen LogP contribution in [0, 0.1) is 0 Å². The fourth-order valence-electron chi connectivity index (χ4n) is 1.16. The number of hydrogen-bond donors (Lipinski definition) is 3. The largest absolute Gasteiger partial charge is 0.394 e. The number of ether oxygens (including phenoxy) is 1. The summed E-state index contributed by atoms with van der Waals surface area (Å²) < 4.78 is 4.63. The van der Waals surface area contributed by atoms with Crippen LogP contribution in [0.1, 0.15) is 45.4 Å². The Morgan fingerprint density at radius 2 is 1.38 bits per heavy atom. The van der Waals surface area contributed by atoms with Gasteiger partial charge in [-0.25, -0.2) is 0 Å². The predicted octanol–water partition coefficient (Wildman–Crippen LogP) is 1.29. The Morgan fingerprint density at radius 1 is 0.875 bits per heavy atom. The first-order valence-corrected chi connectivity index (χ1v) is 6.33. The first-order valence-electron chi connectivity index (χ1n) is 6.33. The Morgan fingerprint density at radius 3 is 1.81 bits per heavy atom. The van der Waals surface area contributed by atoms with Crippen molar-refractivity contribution in [3.8, 4) is 0 Å². The molecule has 0 fully saturated rings. The smallest absolute Gasteiger partial charge is 0.0698 e. The Kier molecular flexibility index (Phi) is 23.1. The highest BCUT2D eigenvalue weighted by Gasteiger charge is 1.85. The summed E-state index contributed by atoms with van der Waals surface area (Å²) in [5.74, 6) is 0. The summed E-state index contributed by atoms with van der Waals surface area (Å²) in [6.45, 7) is 3.80. The molecule has 0 bridgehead atoms. The normalized spacial score (nSPS) is 9.75. The van der Waals surface area contributed by atoms with E-state index in [0.717, 1.165) is 6.54 Å². The van der Waals surface area contributed by atoms with Gasteiger partial charge in [0.1, 0.15) is 0 Å². The number of nitrogens with two attached hydrogens (primary N) is 1. The van der Waals surface area contributed by atoms with E-state index in [4.69, 9.17) is 15.9 Å². The van der Waals surface area contributed by atoms with Gasteiger partial charge in [0, 0.05) is 0 Å². The van der Waals surface area contributed by atoms with Crippen LogP contribution in [-0.4, -0.2) is 43.2 Å². The molecular weight excluding hydrogens is 206 g/mol. The maximum Gasteiger partial charge on any atom is 0.0698 e. The monoisotopic (exact) mass is 235 g/mol. The molecule has 0 aliphatic rings. The number of aliphatic hydroxyl groups excluding tert-OH is 2. The highest BCUT2D eigenvalue weighted by atomic mass is 16.5. The molecule has 16 heavy (non-hydrogen) atoms. The van der Waals surface area contributed by atoms with Crippen LogP contribution in [0.15, 0.2) is 0 Å². The van der Waals surface area contributed by atoms with Crippen LogP contribution >= 0.6 is 0 Å². The van der Waals surface area contributed by atoms with Gasteiger partial charge in [-0.1, -0.05) is 39.0 Å².